The summed E-state index contributed by atoms with van der Waals surface area (Å²) in [5.74, 6) is 0. The van der Waals surface area contributed by atoms with Gasteiger partial charge in [0, 0.05) is 0 Å². The van der Waals surface area contributed by atoms with Gasteiger partial charge in [-0.2, -0.15) is 0 Å². The summed E-state index contributed by atoms with van der Waals surface area (Å²) >= 11 is -48.4. The second kappa shape index (κ2) is 47.1. The van der Waals surface area contributed by atoms with Crippen LogP contribution in [0.15, 0.2) is 607 Å². The molecule has 10 heteroatoms. The molecule has 0 spiro atoms. The first-order valence-electron chi connectivity index (χ1n) is 50.7. The minimum absolute atomic E-state index is 1.10. The fourth-order valence-corrected chi connectivity index (χ4v) is 119. The fourth-order valence-electron chi connectivity index (χ4n) is 20.5. The van der Waals surface area contributed by atoms with E-state index in [-0.39, 0.29) is 0 Å². The minimum atomic E-state index is -4.84. The molecule has 0 atom stereocenters. The first-order valence-corrected chi connectivity index (χ1v) is 92.7. The van der Waals surface area contributed by atoms with E-state index in [1.807, 2.05) is 0 Å². The van der Waals surface area contributed by atoms with Crippen molar-refractivity contribution in [3.8, 4) is 95.1 Å². The maximum absolute atomic E-state index is 4.84. The van der Waals surface area contributed by atoms with Gasteiger partial charge in [0.1, 0.15) is 0 Å². The Morgan fingerprint density at radius 3 is 0.140 bits per heavy atom. The van der Waals surface area contributed by atoms with Crippen molar-refractivity contribution in [2.45, 2.75) is 0 Å². The van der Waals surface area contributed by atoms with Gasteiger partial charge in [0.25, 0.3) is 0 Å². The summed E-state index contributed by atoms with van der Waals surface area (Å²) in [6.07, 6.45) is 0. The van der Waals surface area contributed by atoms with Gasteiger partial charge in [-0.15, -0.1) is 0 Å². The van der Waals surface area contributed by atoms with E-state index in [2.05, 4.69) is 702 Å². The van der Waals surface area contributed by atoms with E-state index in [1.165, 1.54) is 0 Å². The van der Waals surface area contributed by atoms with Gasteiger partial charge in [0.05, 0.1) is 0 Å². The van der Waals surface area contributed by atoms with Crippen molar-refractivity contribution in [3.63, 3.8) is 0 Å². The monoisotopic (exact) mass is 2520 g/mol. The predicted molar refractivity (Wildman–Crippen MR) is 657 cm³/mol. The molecule has 0 saturated carbocycles. The zero-order valence-corrected chi connectivity index (χ0v) is 104. The summed E-state index contributed by atoms with van der Waals surface area (Å²) in [5, 5.41) is 0. The normalized spacial score (nSPS) is 15.2. The van der Waals surface area contributed by atoms with E-state index in [0.29, 0.717) is 0 Å². The van der Waals surface area contributed by atoms with Crippen LogP contribution in [-0.2, 0) is 0 Å². The van der Waals surface area contributed by atoms with E-state index in [9.17, 15) is 0 Å². The zero-order chi connectivity index (χ0) is 101. The van der Waals surface area contributed by atoms with E-state index < -0.39 is 133 Å². The number of hydrogen-bond acceptors (Lipinski definition) is 0. The van der Waals surface area contributed by atoms with Crippen LogP contribution < -0.4 is 87.9 Å². The van der Waals surface area contributed by atoms with Crippen LogP contribution >= 0.6 is 0 Å². The van der Waals surface area contributed by atoms with Crippen molar-refractivity contribution >= 4 is 221 Å². The summed E-state index contributed by atoms with van der Waals surface area (Å²) in [6, 6.07) is 223. The van der Waals surface area contributed by atoms with Crippen molar-refractivity contribution in [3.05, 3.63) is 607 Å². The van der Waals surface area contributed by atoms with Gasteiger partial charge < -0.3 is 0 Å². The van der Waals surface area contributed by atoms with Gasteiger partial charge in [0.2, 0.25) is 0 Å². The fraction of sp³-hybridized carbons (Fsp3) is 0. The molecule has 0 amide bonds. The zero-order valence-electron chi connectivity index (χ0n) is 82.7. The molecule has 150 heavy (non-hydrogen) atoms. The number of benzene rings is 20. The third-order valence-corrected chi connectivity index (χ3v) is 111. The van der Waals surface area contributed by atoms with Gasteiger partial charge in [-0.05, 0) is 0 Å². The topological polar surface area (TPSA) is 0 Å². The molecule has 0 aromatic heterocycles. The third-order valence-electron chi connectivity index (χ3n) is 28.5. The van der Waals surface area contributed by atoms with Crippen molar-refractivity contribution in [2.75, 3.05) is 0 Å². The predicted octanol–water partition coefficient (Wildman–Crippen LogP) is 13.4. The van der Waals surface area contributed by atoms with Gasteiger partial charge >= 0.3 is 922 Å². The standard InChI is InChI=1S/C140H100Ge10/c1-21-61-121(62-22-1)141(122-63-23-2-24-64-122)101-103-142(123-65-25-3-26-66-123,124-67-27-4-28-68-124)105-107-144(127-73-33-7-34-74-127,128-75-35-8-36-76-128)109-111-146(131-81-41-11-42-82-131,132-83-43-12-44-84-132)113-115-148(135-89-49-15-50-90-135,136-91-51-16-52-92-136)117-119-150(139-97-57-19-58-98-139,140-99-59-20-60-100-140)120-118-149(137-93-53-17-54-94-137,138-95-55-18-56-96-138)116-114-147(133-85-45-13-46-86-133,134-87-47-14-48-88-134)112-110-145(129-77-37-9-38-78-129,130-79-39-10-40-80-130)108-106-143(104-102-141,125-69-29-5-30-70-125)126-71-31-6-32-72-126/h1-100H. The Morgan fingerprint density at radius 2 is 0.100 bits per heavy atom. The third kappa shape index (κ3) is 20.8. The summed E-state index contributed by atoms with van der Waals surface area (Å²) < 4.78 is 114. The number of hydrogen-bond donors (Lipinski definition) is 0. The molecule has 0 aliphatic carbocycles. The van der Waals surface area contributed by atoms with Crippen LogP contribution in [0.2, 0.25) is 0 Å². The second-order valence-corrected chi connectivity index (χ2v) is 104. The van der Waals surface area contributed by atoms with E-state index in [0.717, 1.165) is 87.9 Å². The molecule has 21 rings (SSSR count). The molecule has 0 unspecified atom stereocenters. The summed E-state index contributed by atoms with van der Waals surface area (Å²) in [7, 11) is 0. The molecule has 0 bridgehead atoms. The van der Waals surface area contributed by atoms with Crippen molar-refractivity contribution in [2.24, 2.45) is 0 Å². The Hall–Kier alpha value is -14.6. The van der Waals surface area contributed by atoms with Gasteiger partial charge in [0.15, 0.2) is 0 Å². The van der Waals surface area contributed by atoms with Gasteiger partial charge in [-0.1, -0.05) is 0 Å². The van der Waals surface area contributed by atoms with Crippen LogP contribution in [-0.4, -0.2) is 133 Å². The van der Waals surface area contributed by atoms with E-state index in [1.54, 1.807) is 0 Å². The maximum atomic E-state index is 4.61. The average molecular weight is 2510 g/mol. The van der Waals surface area contributed by atoms with Crippen LogP contribution in [0, 0.1) is 95.1 Å². The Labute approximate surface area is 911 Å². The van der Waals surface area contributed by atoms with Crippen LogP contribution in [0.1, 0.15) is 0 Å². The van der Waals surface area contributed by atoms with Crippen LogP contribution in [0.4, 0.5) is 0 Å². The molecule has 1 aliphatic rings. The molecular formula is C140H100Ge10. The van der Waals surface area contributed by atoms with Crippen molar-refractivity contribution in [1.82, 2.24) is 0 Å². The van der Waals surface area contributed by atoms with Gasteiger partial charge in [-0.25, -0.2) is 0 Å². The SMILES string of the molecule is [C]1#[C][Ge]([c]2ccccc2)([c]2ccccc2)[C]#[C][Ge]([c]2ccccc2)([c]2ccccc2)[C]#[C][Ge]([c]2ccccc2)([c]2ccccc2)[C]#[C][Ge]([c]2ccccc2)([c]2ccccc2)[C]#[C][Ge]([c]2ccccc2)([c]2ccccc2)[C]#[C][Ge]([c]2ccccc2)([c]2ccccc2)[C]#[C][Ge]([c]2ccccc2)([c]2ccccc2)[C]#[C][Ge]([c]2ccccc2)([c]2ccccc2)[C]#[C][Ge]([c]2ccccc2)([c]2ccccc2)[C]#[C][Ge]1([c]1ccccc1)[c]1ccccc1. The van der Waals surface area contributed by atoms with Gasteiger partial charge in [-0.3, -0.25) is 0 Å². The molecule has 0 saturated heterocycles. The number of rotatable bonds is 20. The summed E-state index contributed by atoms with van der Waals surface area (Å²) in [4.78, 5) is 0. The quantitative estimate of drug-likeness (QED) is 0.0527. The first-order chi connectivity index (χ1) is 74.2. The van der Waals surface area contributed by atoms with Crippen molar-refractivity contribution in [1.29, 1.82) is 0 Å². The van der Waals surface area contributed by atoms with Crippen molar-refractivity contribution < 1.29 is 0 Å². The molecule has 1 aliphatic heterocycles. The molecular weight excluding hydrogens is 2410 g/mol. The average Bonchev–Trinajstić information content (AvgIpc) is 0.740. The van der Waals surface area contributed by atoms with E-state index >= 15 is 0 Å². The molecule has 0 nitrogen and oxygen atoms in total. The Kier molecular flexibility index (Phi) is 31.8. The molecule has 0 N–H and O–H groups in total. The summed E-state index contributed by atoms with van der Waals surface area (Å²) in [5.41, 5.74) is 0. The molecule has 20 aromatic rings. The Balaban J connectivity index is 1.00. The Bertz CT molecular complexity index is 6570. The Morgan fingerprint density at radius 1 is 0.0600 bits per heavy atom. The van der Waals surface area contributed by atoms with Crippen LogP contribution in [0.25, 0.3) is 0 Å². The van der Waals surface area contributed by atoms with Crippen LogP contribution in [0.3, 0.4) is 0 Å². The van der Waals surface area contributed by atoms with Crippen LogP contribution in [0.5, 0.6) is 0 Å². The van der Waals surface area contributed by atoms with E-state index in [4.69, 9.17) is 0 Å². The first kappa shape index (κ1) is 101. The molecule has 20 aromatic carbocycles. The second-order valence-electron chi connectivity index (χ2n) is 37.3. The molecule has 0 radical (unpaired) electrons. The molecule has 0 fully saturated rings. The molecule has 1 heterocycles. The summed E-state index contributed by atoms with van der Waals surface area (Å²) in [6.45, 7) is 0. The molecule has 700 valence electrons.